The van der Waals surface area contributed by atoms with E-state index in [1.807, 2.05) is 19.9 Å². The third kappa shape index (κ3) is 3.54. The van der Waals surface area contributed by atoms with Crippen molar-refractivity contribution in [2.24, 2.45) is 11.8 Å². The van der Waals surface area contributed by atoms with Crippen molar-refractivity contribution in [2.75, 3.05) is 25.1 Å². The summed E-state index contributed by atoms with van der Waals surface area (Å²) in [7, 11) is 0. The number of nitrogens with one attached hydrogen (secondary N) is 1. The second kappa shape index (κ2) is 8.89. The van der Waals surface area contributed by atoms with Crippen LogP contribution in [-0.4, -0.2) is 64.8 Å². The molecular formula is C24H31ClN2O6. The number of benzene rings is 1. The van der Waals surface area contributed by atoms with Crippen molar-refractivity contribution in [1.82, 2.24) is 4.90 Å². The maximum Gasteiger partial charge on any atom is 0.312 e. The minimum absolute atomic E-state index is 0.125. The van der Waals surface area contributed by atoms with E-state index in [9.17, 15) is 19.5 Å². The molecule has 3 aliphatic heterocycles. The van der Waals surface area contributed by atoms with Crippen LogP contribution in [0.25, 0.3) is 0 Å². The molecule has 2 amide bonds. The lowest BCUT2D eigenvalue weighted by molar-refractivity contribution is -0.160. The number of hydrogen-bond acceptors (Lipinski definition) is 6. The molecule has 2 bridgehead atoms. The van der Waals surface area contributed by atoms with Crippen LogP contribution < -0.4 is 5.32 Å². The van der Waals surface area contributed by atoms with Gasteiger partial charge in [-0.05, 0) is 51.2 Å². The minimum Gasteiger partial charge on any atom is -0.466 e. The minimum atomic E-state index is -1.13. The molecule has 180 valence electrons. The van der Waals surface area contributed by atoms with Crippen LogP contribution in [0.3, 0.4) is 0 Å². The smallest absolute Gasteiger partial charge is 0.312 e. The van der Waals surface area contributed by atoms with Gasteiger partial charge in [0.15, 0.2) is 0 Å². The fourth-order valence-corrected chi connectivity index (χ4v) is 6.34. The lowest BCUT2D eigenvalue weighted by atomic mass is 9.65. The van der Waals surface area contributed by atoms with Gasteiger partial charge < -0.3 is 24.8 Å². The van der Waals surface area contributed by atoms with Crippen LogP contribution in [0.15, 0.2) is 18.2 Å². The number of rotatable bonds is 8. The Bertz CT molecular complexity index is 950. The van der Waals surface area contributed by atoms with Crippen LogP contribution in [0.1, 0.15) is 45.1 Å². The SMILES string of the molecule is CCOC(=O)[C@@H]1[C@H]2C(=O)N(CCCO)C(C(=O)Nc3c(C)cccc3Cl)C23CC[C@@]1(CC)O3. The number of aryl methyl sites for hydroxylation is 1. The van der Waals surface area contributed by atoms with Gasteiger partial charge in [-0.1, -0.05) is 30.7 Å². The summed E-state index contributed by atoms with van der Waals surface area (Å²) in [5.74, 6) is -2.72. The van der Waals surface area contributed by atoms with Gasteiger partial charge in [-0.2, -0.15) is 0 Å². The van der Waals surface area contributed by atoms with Crippen LogP contribution >= 0.6 is 11.6 Å². The number of para-hydroxylation sites is 1. The summed E-state index contributed by atoms with van der Waals surface area (Å²) in [4.78, 5) is 41.9. The predicted octanol–water partition coefficient (Wildman–Crippen LogP) is 2.69. The van der Waals surface area contributed by atoms with Crippen LogP contribution in [0, 0.1) is 18.8 Å². The van der Waals surface area contributed by atoms with Crippen LogP contribution in [0.2, 0.25) is 5.02 Å². The van der Waals surface area contributed by atoms with Crippen molar-refractivity contribution in [3.8, 4) is 0 Å². The van der Waals surface area contributed by atoms with E-state index in [0.29, 0.717) is 36.4 Å². The van der Waals surface area contributed by atoms with E-state index in [1.165, 1.54) is 4.90 Å². The molecule has 2 unspecified atom stereocenters. The Morgan fingerprint density at radius 1 is 1.33 bits per heavy atom. The number of nitrogens with zero attached hydrogens (tertiary/aromatic N) is 1. The molecule has 8 nitrogen and oxygen atoms in total. The Hall–Kier alpha value is -2.16. The van der Waals surface area contributed by atoms with Gasteiger partial charge in [0, 0.05) is 13.2 Å². The number of esters is 1. The molecule has 0 saturated carbocycles. The number of aliphatic hydroxyl groups is 1. The number of hydrogen-bond donors (Lipinski definition) is 2. The predicted molar refractivity (Wildman–Crippen MR) is 122 cm³/mol. The maximum absolute atomic E-state index is 13.7. The first-order valence-corrected chi connectivity index (χ1v) is 12.0. The van der Waals surface area contributed by atoms with E-state index in [4.69, 9.17) is 21.1 Å². The van der Waals surface area contributed by atoms with Crippen LogP contribution in [-0.2, 0) is 23.9 Å². The first kappa shape index (κ1) is 24.0. The third-order valence-corrected chi connectivity index (χ3v) is 7.81. The fourth-order valence-electron chi connectivity index (χ4n) is 6.07. The standard InChI is InChI=1S/C24H31ClN2O6/c1-4-23-10-11-24(33-23)16(17(23)22(31)32-5-2)21(30)27(12-7-13-28)19(24)20(29)26-18-14(3)8-6-9-15(18)25/h6,8-9,16-17,19,28H,4-5,7,10-13H2,1-3H3,(H,26,29)/t16-,17-,19?,23+,24?/m0/s1. The molecule has 1 aromatic carbocycles. The fraction of sp³-hybridized carbons (Fsp3) is 0.625. The summed E-state index contributed by atoms with van der Waals surface area (Å²) in [5.41, 5.74) is -0.672. The van der Waals surface area contributed by atoms with Crippen molar-refractivity contribution < 1.29 is 29.0 Å². The lowest BCUT2D eigenvalue weighted by Gasteiger charge is -2.33. The zero-order valence-corrected chi connectivity index (χ0v) is 20.0. The summed E-state index contributed by atoms with van der Waals surface area (Å²) in [6.45, 7) is 5.76. The Morgan fingerprint density at radius 2 is 2.09 bits per heavy atom. The molecule has 3 saturated heterocycles. The molecule has 3 aliphatic rings. The molecule has 1 aromatic rings. The number of aliphatic hydroxyl groups excluding tert-OH is 1. The number of halogens is 1. The molecule has 0 aromatic heterocycles. The Balaban J connectivity index is 1.76. The average Bonchev–Trinajstić information content (AvgIpc) is 3.38. The topological polar surface area (TPSA) is 105 Å². The Morgan fingerprint density at radius 3 is 2.73 bits per heavy atom. The molecule has 1 spiro atoms. The molecule has 5 atom stereocenters. The molecule has 4 rings (SSSR count). The van der Waals surface area contributed by atoms with Crippen LogP contribution in [0.5, 0.6) is 0 Å². The van der Waals surface area contributed by atoms with Crippen LogP contribution in [0.4, 0.5) is 5.69 Å². The van der Waals surface area contributed by atoms with E-state index < -0.39 is 41.0 Å². The number of fused-ring (bicyclic) bond motifs is 1. The number of ether oxygens (including phenoxy) is 2. The van der Waals surface area contributed by atoms with E-state index in [-0.39, 0.29) is 25.7 Å². The number of likely N-dealkylation sites (tertiary alicyclic amines) is 1. The van der Waals surface area contributed by atoms with Crippen molar-refractivity contribution in [3.05, 3.63) is 28.8 Å². The molecule has 0 aliphatic carbocycles. The van der Waals surface area contributed by atoms with E-state index >= 15 is 0 Å². The molecular weight excluding hydrogens is 448 g/mol. The van der Waals surface area contributed by atoms with Gasteiger partial charge in [-0.25, -0.2) is 0 Å². The van der Waals surface area contributed by atoms with Crippen molar-refractivity contribution in [2.45, 2.75) is 63.7 Å². The Kier molecular flexibility index (Phi) is 6.46. The summed E-state index contributed by atoms with van der Waals surface area (Å²) in [6.07, 6.45) is 1.91. The van der Waals surface area contributed by atoms with Crippen molar-refractivity contribution in [3.63, 3.8) is 0 Å². The lowest BCUT2D eigenvalue weighted by Crippen LogP contribution is -2.53. The maximum atomic E-state index is 13.7. The molecule has 3 heterocycles. The number of amides is 2. The molecule has 2 N–H and O–H groups in total. The second-order valence-electron chi connectivity index (χ2n) is 9.12. The summed E-state index contributed by atoms with van der Waals surface area (Å²) < 4.78 is 11.9. The number of carbonyl (C=O) groups excluding carboxylic acids is 3. The molecule has 0 radical (unpaired) electrons. The van der Waals surface area contributed by atoms with Gasteiger partial charge >= 0.3 is 5.97 Å². The number of anilines is 1. The zero-order chi connectivity index (χ0) is 24.0. The van der Waals surface area contributed by atoms with E-state index in [2.05, 4.69) is 5.32 Å². The summed E-state index contributed by atoms with van der Waals surface area (Å²) in [5, 5.41) is 12.7. The Labute approximate surface area is 198 Å². The van der Waals surface area contributed by atoms with Gasteiger partial charge in [0.1, 0.15) is 17.6 Å². The third-order valence-electron chi connectivity index (χ3n) is 7.50. The normalized spacial score (nSPS) is 32.2. The quantitative estimate of drug-likeness (QED) is 0.556. The van der Waals surface area contributed by atoms with Gasteiger partial charge in [-0.15, -0.1) is 0 Å². The van der Waals surface area contributed by atoms with Gasteiger partial charge in [-0.3, -0.25) is 14.4 Å². The summed E-state index contributed by atoms with van der Waals surface area (Å²) in [6, 6.07) is 4.39. The highest BCUT2D eigenvalue weighted by Crippen LogP contribution is 2.64. The first-order chi connectivity index (χ1) is 15.8. The zero-order valence-electron chi connectivity index (χ0n) is 19.2. The highest BCUT2D eigenvalue weighted by molar-refractivity contribution is 6.34. The summed E-state index contributed by atoms with van der Waals surface area (Å²) >= 11 is 6.34. The largest absolute Gasteiger partial charge is 0.466 e. The van der Waals surface area contributed by atoms with Crippen molar-refractivity contribution in [1.29, 1.82) is 0 Å². The monoisotopic (exact) mass is 478 g/mol. The number of carbonyl (C=O) groups is 3. The van der Waals surface area contributed by atoms with Gasteiger partial charge in [0.25, 0.3) is 0 Å². The molecule has 9 heteroatoms. The molecule has 3 fully saturated rings. The highest BCUT2D eigenvalue weighted by atomic mass is 35.5. The van der Waals surface area contributed by atoms with E-state index in [0.717, 1.165) is 5.56 Å². The first-order valence-electron chi connectivity index (χ1n) is 11.6. The molecule has 33 heavy (non-hydrogen) atoms. The average molecular weight is 479 g/mol. The highest BCUT2D eigenvalue weighted by Gasteiger charge is 2.78. The van der Waals surface area contributed by atoms with E-state index in [1.54, 1.807) is 19.1 Å². The van der Waals surface area contributed by atoms with Gasteiger partial charge in [0.2, 0.25) is 11.8 Å². The second-order valence-corrected chi connectivity index (χ2v) is 9.52. The van der Waals surface area contributed by atoms with Crippen molar-refractivity contribution >= 4 is 35.1 Å². The van der Waals surface area contributed by atoms with Gasteiger partial charge in [0.05, 0.1) is 28.8 Å².